The highest BCUT2D eigenvalue weighted by Crippen LogP contribution is 2.33. The molecule has 0 saturated heterocycles. The van der Waals surface area contributed by atoms with Gasteiger partial charge in [-0.05, 0) is 73.2 Å². The van der Waals surface area contributed by atoms with Gasteiger partial charge in [-0.1, -0.05) is 18.2 Å². The van der Waals surface area contributed by atoms with Crippen molar-refractivity contribution in [2.45, 2.75) is 38.3 Å². The molecule has 0 radical (unpaired) electrons. The van der Waals surface area contributed by atoms with Crippen molar-refractivity contribution >= 4 is 17.5 Å². The Labute approximate surface area is 254 Å². The smallest absolute Gasteiger partial charge is 0.394 e. The number of amides is 2. The lowest BCUT2D eigenvalue weighted by Crippen LogP contribution is -2.32. The van der Waals surface area contributed by atoms with Gasteiger partial charge in [0, 0.05) is 41.6 Å². The number of aromatic nitrogens is 1. The van der Waals surface area contributed by atoms with E-state index in [4.69, 9.17) is 11.5 Å². The molecule has 13 heteroatoms. The Balaban J connectivity index is 1.64. The zero-order valence-electron chi connectivity index (χ0n) is 24.0. The number of pyridine rings is 1. The maximum atomic E-state index is 14.2. The third kappa shape index (κ3) is 8.16. The molecule has 1 aliphatic carbocycles. The van der Waals surface area contributed by atoms with Gasteiger partial charge >= 0.3 is 6.18 Å². The van der Waals surface area contributed by atoms with E-state index in [2.05, 4.69) is 15.3 Å². The fourth-order valence-corrected chi connectivity index (χ4v) is 5.16. The number of primary amides is 1. The van der Waals surface area contributed by atoms with Gasteiger partial charge in [0.25, 0.3) is 5.91 Å². The molecule has 1 aliphatic rings. The van der Waals surface area contributed by atoms with Gasteiger partial charge in [-0.2, -0.15) is 13.2 Å². The first-order valence-corrected chi connectivity index (χ1v) is 13.8. The Hall–Kier alpha value is -4.94. The zero-order chi connectivity index (χ0) is 32.9. The highest BCUT2D eigenvalue weighted by atomic mass is 19.4. The van der Waals surface area contributed by atoms with Crippen LogP contribution in [-0.2, 0) is 11.2 Å². The average molecular weight is 630 g/mol. The number of aliphatic imine (C=N–C) groups is 1. The number of carbonyl (C=O) groups excluding carboxylic acids is 2. The monoisotopic (exact) mass is 629 g/mol. The van der Waals surface area contributed by atoms with Crippen molar-refractivity contribution < 1.29 is 35.9 Å². The van der Waals surface area contributed by atoms with Crippen LogP contribution in [0.4, 0.5) is 26.3 Å². The van der Waals surface area contributed by atoms with Crippen LogP contribution in [0.25, 0.3) is 11.1 Å². The summed E-state index contributed by atoms with van der Waals surface area (Å²) in [5, 5.41) is 2.68. The molecular weight excluding hydrogens is 600 g/mol. The van der Waals surface area contributed by atoms with Crippen molar-refractivity contribution in [2.75, 3.05) is 13.1 Å². The van der Waals surface area contributed by atoms with Crippen molar-refractivity contribution in [3.8, 4) is 11.1 Å². The van der Waals surface area contributed by atoms with E-state index >= 15 is 0 Å². The van der Waals surface area contributed by atoms with E-state index in [1.165, 1.54) is 25.3 Å². The van der Waals surface area contributed by atoms with Crippen LogP contribution in [0.3, 0.4) is 0 Å². The SMILES string of the molecule is CC1=CCCC(=NCC(=O)NC[C@@H](Cc2cc(F)cc(F)c2)c2ncccc2-c2ccc(F)c(C(N)=O)c2)C1=C(N)C(F)(F)F. The highest BCUT2D eigenvalue weighted by molar-refractivity contribution is 6.06. The van der Waals surface area contributed by atoms with E-state index in [0.29, 0.717) is 34.9 Å². The third-order valence-corrected chi connectivity index (χ3v) is 7.22. The number of allylic oxidation sites excluding steroid dienone is 4. The van der Waals surface area contributed by atoms with Crippen LogP contribution in [0.15, 0.2) is 82.6 Å². The molecule has 0 fully saturated rings. The molecule has 2 aromatic carbocycles. The van der Waals surface area contributed by atoms with E-state index < -0.39 is 53.6 Å². The van der Waals surface area contributed by atoms with Crippen LogP contribution in [-0.4, -0.2) is 41.8 Å². The number of carbonyl (C=O) groups is 2. The largest absolute Gasteiger partial charge is 0.431 e. The Kier molecular flexibility index (Phi) is 10.1. The Bertz CT molecular complexity index is 1690. The quantitative estimate of drug-likeness (QED) is 0.264. The van der Waals surface area contributed by atoms with E-state index in [1.54, 1.807) is 18.2 Å². The third-order valence-electron chi connectivity index (χ3n) is 7.22. The van der Waals surface area contributed by atoms with Gasteiger partial charge in [-0.25, -0.2) is 13.2 Å². The van der Waals surface area contributed by atoms with Gasteiger partial charge in [0.2, 0.25) is 5.91 Å². The number of alkyl halides is 3. The molecule has 0 saturated carbocycles. The van der Waals surface area contributed by atoms with Gasteiger partial charge in [0.15, 0.2) is 0 Å². The fraction of sp³-hybridized carbons (Fsp3) is 0.250. The number of hydrogen-bond donors (Lipinski definition) is 3. The second kappa shape index (κ2) is 13.8. The molecule has 0 bridgehead atoms. The zero-order valence-corrected chi connectivity index (χ0v) is 24.0. The minimum absolute atomic E-state index is 0.00362. The maximum absolute atomic E-state index is 14.2. The summed E-state index contributed by atoms with van der Waals surface area (Å²) < 4.78 is 82.5. The maximum Gasteiger partial charge on any atom is 0.431 e. The Morgan fingerprint density at radius 2 is 1.76 bits per heavy atom. The Morgan fingerprint density at radius 3 is 2.42 bits per heavy atom. The number of nitrogens with two attached hydrogens (primary N) is 2. The summed E-state index contributed by atoms with van der Waals surface area (Å²) in [6.07, 6.45) is -1.12. The molecule has 1 heterocycles. The first-order chi connectivity index (χ1) is 21.2. The van der Waals surface area contributed by atoms with E-state index in [9.17, 15) is 35.9 Å². The lowest BCUT2D eigenvalue weighted by molar-refractivity contribution is -0.119. The van der Waals surface area contributed by atoms with Gasteiger partial charge in [-0.3, -0.25) is 19.6 Å². The number of hydrogen-bond acceptors (Lipinski definition) is 5. The van der Waals surface area contributed by atoms with Gasteiger partial charge in [0.05, 0.1) is 11.3 Å². The molecule has 45 heavy (non-hydrogen) atoms. The molecule has 236 valence electrons. The van der Waals surface area contributed by atoms with Gasteiger partial charge in [0.1, 0.15) is 29.7 Å². The molecule has 1 atom stereocenters. The molecule has 7 nitrogen and oxygen atoms in total. The van der Waals surface area contributed by atoms with Gasteiger partial charge < -0.3 is 16.8 Å². The van der Waals surface area contributed by atoms with E-state index in [-0.39, 0.29) is 41.8 Å². The van der Waals surface area contributed by atoms with Crippen molar-refractivity contribution in [1.29, 1.82) is 0 Å². The topological polar surface area (TPSA) is 123 Å². The lowest BCUT2D eigenvalue weighted by Gasteiger charge is -2.22. The minimum atomic E-state index is -4.78. The Morgan fingerprint density at radius 1 is 1.04 bits per heavy atom. The first kappa shape index (κ1) is 33.0. The average Bonchev–Trinajstić information content (AvgIpc) is 2.97. The molecule has 3 aromatic rings. The minimum Gasteiger partial charge on any atom is -0.394 e. The standard InChI is InChI=1S/C32H29F6N5O2/c1-17-4-2-6-26(28(17)30(39)32(36,37)38)42-16-27(44)43-15-20(10-18-11-21(33)14-22(34)12-18)29-23(5-3-9-41-29)19-7-8-25(35)24(13-19)31(40)45/h3-5,7-9,11-14,20H,2,6,10,15-16,39H2,1H3,(H2,40,45)(H,43,44)/t20-/m1/s1. The summed E-state index contributed by atoms with van der Waals surface area (Å²) in [4.78, 5) is 33.3. The summed E-state index contributed by atoms with van der Waals surface area (Å²) in [7, 11) is 0. The summed E-state index contributed by atoms with van der Waals surface area (Å²) in [6, 6.07) is 9.95. The summed E-state index contributed by atoms with van der Waals surface area (Å²) >= 11 is 0. The summed E-state index contributed by atoms with van der Waals surface area (Å²) in [5.74, 6) is -4.78. The van der Waals surface area contributed by atoms with E-state index in [0.717, 1.165) is 18.2 Å². The molecule has 4 rings (SSSR count). The number of halogens is 6. The van der Waals surface area contributed by atoms with Crippen molar-refractivity contribution in [3.05, 3.63) is 112 Å². The van der Waals surface area contributed by atoms with Crippen molar-refractivity contribution in [1.82, 2.24) is 10.3 Å². The number of benzene rings is 2. The second-order valence-corrected chi connectivity index (χ2v) is 10.5. The van der Waals surface area contributed by atoms with E-state index in [1.807, 2.05) is 0 Å². The molecule has 2 amide bonds. The highest BCUT2D eigenvalue weighted by Gasteiger charge is 2.36. The number of nitrogens with one attached hydrogen (secondary N) is 1. The van der Waals surface area contributed by atoms with Gasteiger partial charge in [-0.15, -0.1) is 0 Å². The summed E-state index contributed by atoms with van der Waals surface area (Å²) in [5.41, 5.74) is 10.6. The second-order valence-electron chi connectivity index (χ2n) is 10.5. The molecule has 0 unspecified atom stereocenters. The van der Waals surface area contributed by atoms with Crippen LogP contribution >= 0.6 is 0 Å². The molecule has 0 spiro atoms. The lowest BCUT2D eigenvalue weighted by atomic mass is 9.89. The van der Waals surface area contributed by atoms with Crippen molar-refractivity contribution in [3.63, 3.8) is 0 Å². The first-order valence-electron chi connectivity index (χ1n) is 13.8. The van der Waals surface area contributed by atoms with Crippen LogP contribution in [0, 0.1) is 17.5 Å². The number of rotatable bonds is 9. The normalized spacial score (nSPS) is 16.2. The number of nitrogens with zero attached hydrogens (tertiary/aromatic N) is 2. The predicted molar refractivity (Wildman–Crippen MR) is 157 cm³/mol. The molecule has 1 aromatic heterocycles. The van der Waals surface area contributed by atoms with Crippen molar-refractivity contribution in [2.24, 2.45) is 16.5 Å². The fourth-order valence-electron chi connectivity index (χ4n) is 5.16. The summed E-state index contributed by atoms with van der Waals surface area (Å²) in [6.45, 7) is 0.857. The molecule has 5 N–H and O–H groups in total. The van der Waals surface area contributed by atoms with Crippen LogP contribution in [0.1, 0.15) is 47.3 Å². The molecule has 0 aliphatic heterocycles. The van der Waals surface area contributed by atoms with Crippen LogP contribution < -0.4 is 16.8 Å². The van der Waals surface area contributed by atoms with Crippen LogP contribution in [0.2, 0.25) is 0 Å². The molecular formula is C32H29F6N5O2. The predicted octanol–water partition coefficient (Wildman–Crippen LogP) is 5.66. The van der Waals surface area contributed by atoms with Crippen LogP contribution in [0.5, 0.6) is 0 Å².